The predicted octanol–water partition coefficient (Wildman–Crippen LogP) is 1.89. The summed E-state index contributed by atoms with van der Waals surface area (Å²) in [6, 6.07) is 7.62. The van der Waals surface area contributed by atoms with Gasteiger partial charge >= 0.3 is 0 Å². The maximum atomic E-state index is 13.2. The van der Waals surface area contributed by atoms with E-state index in [1.807, 2.05) is 46.9 Å². The van der Waals surface area contributed by atoms with E-state index in [2.05, 4.69) is 15.3 Å². The molecule has 2 N–H and O–H groups in total. The van der Waals surface area contributed by atoms with E-state index in [0.717, 1.165) is 16.7 Å². The van der Waals surface area contributed by atoms with E-state index < -0.39 is 0 Å². The highest BCUT2D eigenvalue weighted by atomic mass is 16.5. The summed E-state index contributed by atoms with van der Waals surface area (Å²) in [7, 11) is 1.60. The van der Waals surface area contributed by atoms with Crippen molar-refractivity contribution < 1.29 is 14.3 Å². The third-order valence-corrected chi connectivity index (χ3v) is 5.33. The molecule has 0 fully saturated rings. The highest BCUT2D eigenvalue weighted by Crippen LogP contribution is 2.28. The molecule has 3 heterocycles. The summed E-state index contributed by atoms with van der Waals surface area (Å²) >= 11 is 0. The molecule has 0 unspecified atom stereocenters. The first-order valence-electron chi connectivity index (χ1n) is 9.77. The average Bonchev–Trinajstić information content (AvgIpc) is 3.32. The molecular formula is C21H25N5O3. The highest BCUT2D eigenvalue weighted by Gasteiger charge is 2.31. The standard InChI is InChI=1S/C21H25N5O3/c1-14-20-24-15(11-19(27)22-7-10-29-2)13-25(20)8-9-26(14)21(28)17-12-23-18-6-4-3-5-16(17)18/h3-6,12-14,23H,7-11H2,1-2H3,(H,22,27)/t14-/m0/s1. The number of benzene rings is 1. The molecule has 0 spiro atoms. The minimum absolute atomic E-state index is 0.0111. The van der Waals surface area contributed by atoms with Crippen LogP contribution in [0.2, 0.25) is 0 Å². The summed E-state index contributed by atoms with van der Waals surface area (Å²) in [5.41, 5.74) is 2.33. The largest absolute Gasteiger partial charge is 0.383 e. The number of imidazole rings is 1. The number of carbonyl (C=O) groups excluding carboxylic acids is 2. The number of ether oxygens (including phenoxy) is 1. The quantitative estimate of drug-likeness (QED) is 0.624. The van der Waals surface area contributed by atoms with Gasteiger partial charge in [0.2, 0.25) is 5.91 Å². The van der Waals surface area contributed by atoms with Gasteiger partial charge in [-0.3, -0.25) is 9.59 Å². The van der Waals surface area contributed by atoms with Gasteiger partial charge < -0.3 is 24.5 Å². The van der Waals surface area contributed by atoms with Crippen molar-refractivity contribution in [3.63, 3.8) is 0 Å². The van der Waals surface area contributed by atoms with Gasteiger partial charge in [-0.15, -0.1) is 0 Å². The van der Waals surface area contributed by atoms with Gasteiger partial charge in [-0.1, -0.05) is 18.2 Å². The fraction of sp³-hybridized carbons (Fsp3) is 0.381. The maximum absolute atomic E-state index is 13.2. The second kappa shape index (κ2) is 8.08. The fourth-order valence-corrected chi connectivity index (χ4v) is 3.83. The molecule has 1 aromatic carbocycles. The number of hydrogen-bond acceptors (Lipinski definition) is 4. The number of amides is 2. The number of aromatic amines is 1. The molecule has 152 valence electrons. The summed E-state index contributed by atoms with van der Waals surface area (Å²) in [5, 5.41) is 3.73. The van der Waals surface area contributed by atoms with Crippen LogP contribution < -0.4 is 5.32 Å². The SMILES string of the molecule is COCCNC(=O)Cc1cn2c(n1)[C@H](C)N(C(=O)c1c[nH]c3ccccc13)CC2. The van der Waals surface area contributed by atoms with Crippen molar-refractivity contribution in [3.05, 3.63) is 53.7 Å². The van der Waals surface area contributed by atoms with Crippen molar-refractivity contribution in [1.82, 2.24) is 24.8 Å². The molecule has 3 aromatic rings. The van der Waals surface area contributed by atoms with E-state index >= 15 is 0 Å². The van der Waals surface area contributed by atoms with E-state index in [1.54, 1.807) is 13.3 Å². The van der Waals surface area contributed by atoms with Gasteiger partial charge in [-0.2, -0.15) is 0 Å². The number of nitrogens with zero attached hydrogens (tertiary/aromatic N) is 3. The molecule has 0 saturated heterocycles. The molecule has 0 aliphatic carbocycles. The Hall–Kier alpha value is -3.13. The Morgan fingerprint density at radius 1 is 1.31 bits per heavy atom. The van der Waals surface area contributed by atoms with Gasteiger partial charge in [0, 0.05) is 50.0 Å². The van der Waals surface area contributed by atoms with E-state index in [0.29, 0.717) is 37.5 Å². The number of para-hydroxylation sites is 1. The van der Waals surface area contributed by atoms with Crippen LogP contribution >= 0.6 is 0 Å². The maximum Gasteiger partial charge on any atom is 0.256 e. The van der Waals surface area contributed by atoms with Gasteiger partial charge in [-0.25, -0.2) is 4.98 Å². The van der Waals surface area contributed by atoms with Crippen LogP contribution in [-0.2, 0) is 22.5 Å². The zero-order chi connectivity index (χ0) is 20.4. The molecule has 1 aliphatic rings. The van der Waals surface area contributed by atoms with Crippen molar-refractivity contribution >= 4 is 22.7 Å². The summed E-state index contributed by atoms with van der Waals surface area (Å²) < 4.78 is 6.98. The van der Waals surface area contributed by atoms with Gasteiger partial charge in [-0.05, 0) is 13.0 Å². The smallest absolute Gasteiger partial charge is 0.256 e. The minimum atomic E-state index is -0.171. The summed E-state index contributed by atoms with van der Waals surface area (Å²) in [6.07, 6.45) is 3.90. The Labute approximate surface area is 168 Å². The first kappa shape index (κ1) is 19.2. The Balaban J connectivity index is 1.49. The van der Waals surface area contributed by atoms with Crippen molar-refractivity contribution in [2.75, 3.05) is 26.8 Å². The molecule has 8 heteroatoms. The van der Waals surface area contributed by atoms with Crippen LogP contribution in [-0.4, -0.2) is 58.1 Å². The number of methoxy groups -OCH3 is 1. The van der Waals surface area contributed by atoms with E-state index in [9.17, 15) is 9.59 Å². The first-order chi connectivity index (χ1) is 14.1. The second-order valence-electron chi connectivity index (χ2n) is 7.23. The summed E-state index contributed by atoms with van der Waals surface area (Å²) in [4.78, 5) is 34.9. The number of rotatable bonds is 6. The predicted molar refractivity (Wildman–Crippen MR) is 109 cm³/mol. The van der Waals surface area contributed by atoms with Crippen molar-refractivity contribution in [2.24, 2.45) is 0 Å². The topological polar surface area (TPSA) is 92.2 Å². The molecule has 4 rings (SSSR count). The third-order valence-electron chi connectivity index (χ3n) is 5.33. The van der Waals surface area contributed by atoms with Crippen molar-refractivity contribution in [3.8, 4) is 0 Å². The van der Waals surface area contributed by atoms with Crippen molar-refractivity contribution in [1.29, 1.82) is 0 Å². The van der Waals surface area contributed by atoms with E-state index in [4.69, 9.17) is 4.74 Å². The van der Waals surface area contributed by atoms with Crippen LogP contribution in [0.25, 0.3) is 10.9 Å². The Bertz CT molecular complexity index is 1040. The van der Waals surface area contributed by atoms with Gasteiger partial charge in [0.25, 0.3) is 5.91 Å². The van der Waals surface area contributed by atoms with Gasteiger partial charge in [0.05, 0.1) is 30.3 Å². The number of fused-ring (bicyclic) bond motifs is 2. The lowest BCUT2D eigenvalue weighted by atomic mass is 10.1. The number of hydrogen-bond donors (Lipinski definition) is 2. The fourth-order valence-electron chi connectivity index (χ4n) is 3.83. The normalized spacial score (nSPS) is 16.1. The Morgan fingerprint density at radius 2 is 2.14 bits per heavy atom. The van der Waals surface area contributed by atoms with Crippen LogP contribution in [0.3, 0.4) is 0 Å². The molecule has 2 aromatic heterocycles. The summed E-state index contributed by atoms with van der Waals surface area (Å²) in [6.45, 7) is 4.20. The monoisotopic (exact) mass is 395 g/mol. The number of H-pyrrole nitrogens is 1. The molecule has 29 heavy (non-hydrogen) atoms. The third kappa shape index (κ3) is 3.75. The Kier molecular flexibility index (Phi) is 5.35. The molecule has 1 atom stereocenters. The number of carbonyl (C=O) groups is 2. The van der Waals surface area contributed by atoms with Crippen LogP contribution in [0.4, 0.5) is 0 Å². The second-order valence-corrected chi connectivity index (χ2v) is 7.23. The van der Waals surface area contributed by atoms with Crippen LogP contribution in [0.1, 0.15) is 34.8 Å². The molecule has 1 aliphatic heterocycles. The van der Waals surface area contributed by atoms with Crippen LogP contribution in [0, 0.1) is 0 Å². The zero-order valence-corrected chi connectivity index (χ0v) is 16.6. The van der Waals surface area contributed by atoms with E-state index in [-0.39, 0.29) is 24.3 Å². The lowest BCUT2D eigenvalue weighted by molar-refractivity contribution is -0.120. The zero-order valence-electron chi connectivity index (χ0n) is 16.6. The lowest BCUT2D eigenvalue weighted by Gasteiger charge is -2.33. The van der Waals surface area contributed by atoms with Crippen LogP contribution in [0.5, 0.6) is 0 Å². The van der Waals surface area contributed by atoms with Crippen LogP contribution in [0.15, 0.2) is 36.7 Å². The molecule has 0 saturated carbocycles. The number of nitrogens with one attached hydrogen (secondary N) is 2. The molecule has 2 amide bonds. The van der Waals surface area contributed by atoms with Gasteiger partial charge in [0.1, 0.15) is 5.82 Å². The molecular weight excluding hydrogens is 370 g/mol. The van der Waals surface area contributed by atoms with E-state index in [1.165, 1.54) is 0 Å². The average molecular weight is 395 g/mol. The molecule has 0 bridgehead atoms. The highest BCUT2D eigenvalue weighted by molar-refractivity contribution is 6.06. The van der Waals surface area contributed by atoms with Gasteiger partial charge in [0.15, 0.2) is 0 Å². The Morgan fingerprint density at radius 3 is 2.97 bits per heavy atom. The number of aromatic nitrogens is 3. The first-order valence-corrected chi connectivity index (χ1v) is 9.77. The summed E-state index contributed by atoms with van der Waals surface area (Å²) in [5.74, 6) is 0.712. The lowest BCUT2D eigenvalue weighted by Crippen LogP contribution is -2.41. The van der Waals surface area contributed by atoms with Crippen molar-refractivity contribution in [2.45, 2.75) is 25.9 Å². The minimum Gasteiger partial charge on any atom is -0.383 e. The molecule has 0 radical (unpaired) electrons. The molecule has 8 nitrogen and oxygen atoms in total.